The van der Waals surface area contributed by atoms with Gasteiger partial charge in [0, 0.05) is 23.1 Å². The van der Waals surface area contributed by atoms with Gasteiger partial charge in [-0.2, -0.15) is 0 Å². The quantitative estimate of drug-likeness (QED) is 0.341. The number of ether oxygens (including phenoxy) is 4. The van der Waals surface area contributed by atoms with Crippen molar-refractivity contribution in [3.63, 3.8) is 0 Å². The summed E-state index contributed by atoms with van der Waals surface area (Å²) in [5.41, 5.74) is 5.04. The molecule has 0 aliphatic carbocycles. The first kappa shape index (κ1) is 24.4. The first-order valence-electron chi connectivity index (χ1n) is 11.5. The average molecular weight is 526 g/mol. The molecule has 0 fully saturated rings. The molecule has 0 aromatic heterocycles. The van der Waals surface area contributed by atoms with Gasteiger partial charge in [-0.3, -0.25) is 4.90 Å². The number of rotatable bonds is 8. The maximum Gasteiger partial charge on any atom is 0.161 e. The number of methoxy groups -OCH3 is 4. The topological polar surface area (TPSA) is 40.2 Å². The van der Waals surface area contributed by atoms with Gasteiger partial charge in [-0.25, -0.2) is 0 Å². The van der Waals surface area contributed by atoms with E-state index in [-0.39, 0.29) is 12.1 Å². The van der Waals surface area contributed by atoms with Crippen LogP contribution in [0.5, 0.6) is 23.0 Å². The van der Waals surface area contributed by atoms with Crippen LogP contribution in [0.15, 0.2) is 59.1 Å². The van der Waals surface area contributed by atoms with Crippen LogP contribution in [0.3, 0.4) is 0 Å². The lowest BCUT2D eigenvalue weighted by atomic mass is 9.86. The van der Waals surface area contributed by atoms with Gasteiger partial charge in [0.2, 0.25) is 0 Å². The summed E-state index contributed by atoms with van der Waals surface area (Å²) in [7, 11) is 6.71. The zero-order valence-corrected chi connectivity index (χ0v) is 22.0. The molecule has 0 saturated heterocycles. The monoisotopic (exact) mass is 525 g/mol. The van der Waals surface area contributed by atoms with E-state index in [0.29, 0.717) is 5.75 Å². The predicted octanol–water partition coefficient (Wildman–Crippen LogP) is 6.39. The zero-order chi connectivity index (χ0) is 24.2. The molecule has 180 valence electrons. The second-order valence-electron chi connectivity index (χ2n) is 8.50. The molecule has 0 spiro atoms. The molecule has 1 aliphatic rings. The minimum Gasteiger partial charge on any atom is -0.493 e. The summed E-state index contributed by atoms with van der Waals surface area (Å²) in [5, 5.41) is 0. The number of hydrogen-bond donors (Lipinski definition) is 0. The van der Waals surface area contributed by atoms with Gasteiger partial charge in [0.1, 0.15) is 0 Å². The molecule has 3 aromatic rings. The lowest BCUT2D eigenvalue weighted by Crippen LogP contribution is -2.38. The number of nitrogens with zero attached hydrogens (tertiary/aromatic N) is 1. The molecule has 5 nitrogen and oxygen atoms in total. The summed E-state index contributed by atoms with van der Waals surface area (Å²) in [4.78, 5) is 2.59. The first-order valence-corrected chi connectivity index (χ1v) is 12.3. The van der Waals surface area contributed by atoms with Gasteiger partial charge < -0.3 is 18.9 Å². The van der Waals surface area contributed by atoms with Crippen molar-refractivity contribution in [3.8, 4) is 23.0 Å². The summed E-state index contributed by atoms with van der Waals surface area (Å²) in [6.45, 7) is 3.24. The van der Waals surface area contributed by atoms with Crippen LogP contribution in [0.1, 0.15) is 41.3 Å². The van der Waals surface area contributed by atoms with E-state index >= 15 is 0 Å². The fraction of sp³-hybridized carbons (Fsp3) is 0.357. The fourth-order valence-corrected chi connectivity index (χ4v) is 5.41. The second kappa shape index (κ2) is 10.7. The number of fused-ring (bicyclic) bond motifs is 1. The standard InChI is InChI=1S/C28H32BrNO4/c1-18(19-9-7-6-8-10-19)30-12-11-20-14-25(31-2)27(33-4)16-22(20)24(30)13-21-15-26(32-3)28(34-5)17-23(21)29/h6-10,14-18,24H,11-13H2,1-5H3. The van der Waals surface area contributed by atoms with Crippen LogP contribution in [0.2, 0.25) is 0 Å². The fourth-order valence-electron chi connectivity index (χ4n) is 4.92. The molecule has 1 aliphatic heterocycles. The Morgan fingerprint density at radius 1 is 0.853 bits per heavy atom. The highest BCUT2D eigenvalue weighted by Gasteiger charge is 2.33. The average Bonchev–Trinajstić information content (AvgIpc) is 2.88. The van der Waals surface area contributed by atoms with Gasteiger partial charge in [0.25, 0.3) is 0 Å². The highest BCUT2D eigenvalue weighted by Crippen LogP contribution is 2.44. The molecule has 0 saturated carbocycles. The summed E-state index contributed by atoms with van der Waals surface area (Å²) in [6.07, 6.45) is 1.76. The maximum absolute atomic E-state index is 5.68. The van der Waals surface area contributed by atoms with Crippen LogP contribution in [-0.2, 0) is 12.8 Å². The highest BCUT2D eigenvalue weighted by atomic mass is 79.9. The van der Waals surface area contributed by atoms with Gasteiger partial charge in [-0.05, 0) is 66.3 Å². The molecule has 0 radical (unpaired) electrons. The number of benzene rings is 3. The van der Waals surface area contributed by atoms with E-state index in [1.165, 1.54) is 16.7 Å². The Kier molecular flexibility index (Phi) is 7.69. The predicted molar refractivity (Wildman–Crippen MR) is 139 cm³/mol. The molecule has 0 N–H and O–H groups in total. The van der Waals surface area contributed by atoms with Gasteiger partial charge in [-0.1, -0.05) is 46.3 Å². The second-order valence-corrected chi connectivity index (χ2v) is 9.35. The lowest BCUT2D eigenvalue weighted by Gasteiger charge is -2.42. The molecule has 2 atom stereocenters. The Balaban J connectivity index is 1.81. The molecule has 6 heteroatoms. The number of halogens is 1. The Labute approximate surface area is 210 Å². The summed E-state index contributed by atoms with van der Waals surface area (Å²) in [5.74, 6) is 2.97. The maximum atomic E-state index is 5.68. The lowest BCUT2D eigenvalue weighted by molar-refractivity contribution is 0.131. The molecule has 0 amide bonds. The Bertz CT molecular complexity index is 1130. The molecule has 1 heterocycles. The molecule has 3 aromatic carbocycles. The van der Waals surface area contributed by atoms with Gasteiger partial charge in [-0.15, -0.1) is 0 Å². The summed E-state index contributed by atoms with van der Waals surface area (Å²) in [6, 6.07) is 19.4. The van der Waals surface area contributed by atoms with Crippen molar-refractivity contribution < 1.29 is 18.9 Å². The Hall–Kier alpha value is -2.70. The van der Waals surface area contributed by atoms with Gasteiger partial charge >= 0.3 is 0 Å². The highest BCUT2D eigenvalue weighted by molar-refractivity contribution is 9.10. The molecular weight excluding hydrogens is 494 g/mol. The van der Waals surface area contributed by atoms with Crippen LogP contribution in [0.25, 0.3) is 0 Å². The van der Waals surface area contributed by atoms with Crippen LogP contribution >= 0.6 is 15.9 Å². The molecular formula is C28H32BrNO4. The van der Waals surface area contributed by atoms with Crippen LogP contribution in [-0.4, -0.2) is 39.9 Å². The van der Waals surface area contributed by atoms with Crippen molar-refractivity contribution in [1.29, 1.82) is 0 Å². The Morgan fingerprint density at radius 3 is 2.09 bits per heavy atom. The van der Waals surface area contributed by atoms with Crippen molar-refractivity contribution >= 4 is 15.9 Å². The SMILES string of the molecule is COc1cc(Br)c(CC2c3cc(OC)c(OC)cc3CCN2C(C)c2ccccc2)cc1OC. The van der Waals surface area contributed by atoms with Crippen molar-refractivity contribution in [2.24, 2.45) is 0 Å². The van der Waals surface area contributed by atoms with E-state index in [4.69, 9.17) is 18.9 Å². The summed E-state index contributed by atoms with van der Waals surface area (Å²) < 4.78 is 23.4. The van der Waals surface area contributed by atoms with Crippen molar-refractivity contribution in [1.82, 2.24) is 4.90 Å². The van der Waals surface area contributed by atoms with Crippen molar-refractivity contribution in [3.05, 3.63) is 81.3 Å². The van der Waals surface area contributed by atoms with E-state index in [2.05, 4.69) is 76.3 Å². The number of hydrogen-bond acceptors (Lipinski definition) is 5. The van der Waals surface area contributed by atoms with E-state index in [1.807, 2.05) is 6.07 Å². The third-order valence-corrected chi connectivity index (χ3v) is 7.53. The van der Waals surface area contributed by atoms with E-state index in [0.717, 1.165) is 46.7 Å². The minimum atomic E-state index is 0.146. The van der Waals surface area contributed by atoms with Gasteiger partial charge in [0.15, 0.2) is 23.0 Å². The normalized spacial score (nSPS) is 16.5. The van der Waals surface area contributed by atoms with E-state index in [9.17, 15) is 0 Å². The van der Waals surface area contributed by atoms with E-state index in [1.54, 1.807) is 28.4 Å². The molecule has 4 rings (SSSR count). The Morgan fingerprint density at radius 2 is 1.44 bits per heavy atom. The van der Waals surface area contributed by atoms with Crippen molar-refractivity contribution in [2.75, 3.05) is 35.0 Å². The third-order valence-electron chi connectivity index (χ3n) is 6.79. The van der Waals surface area contributed by atoms with E-state index < -0.39 is 0 Å². The summed E-state index contributed by atoms with van der Waals surface area (Å²) >= 11 is 3.77. The first-order chi connectivity index (χ1) is 16.5. The van der Waals surface area contributed by atoms with Gasteiger partial charge in [0.05, 0.1) is 28.4 Å². The smallest absolute Gasteiger partial charge is 0.161 e. The molecule has 0 bridgehead atoms. The van der Waals surface area contributed by atoms with Crippen LogP contribution in [0, 0.1) is 0 Å². The zero-order valence-electron chi connectivity index (χ0n) is 20.4. The third kappa shape index (κ3) is 4.75. The molecule has 34 heavy (non-hydrogen) atoms. The molecule has 2 unspecified atom stereocenters. The largest absolute Gasteiger partial charge is 0.493 e. The van der Waals surface area contributed by atoms with Crippen molar-refractivity contribution in [2.45, 2.75) is 31.8 Å². The minimum absolute atomic E-state index is 0.146. The van der Waals surface area contributed by atoms with Crippen LogP contribution < -0.4 is 18.9 Å². The van der Waals surface area contributed by atoms with Crippen LogP contribution in [0.4, 0.5) is 0 Å².